The Balaban J connectivity index is 2.65. The summed E-state index contributed by atoms with van der Waals surface area (Å²) in [5.41, 5.74) is 2.86. The second kappa shape index (κ2) is 5.10. The van der Waals surface area contributed by atoms with Crippen LogP contribution in [0, 0.1) is 20.4 Å². The Bertz CT molecular complexity index is 644. The fraction of sp³-hybridized carbons (Fsp3) is 0.400. The predicted molar refractivity (Wildman–Crippen MR) is 80.0 cm³/mol. The summed E-state index contributed by atoms with van der Waals surface area (Å²) in [5, 5.41) is 0.997. The molecule has 0 spiro atoms. The van der Waals surface area contributed by atoms with Gasteiger partial charge in [-0.1, -0.05) is 13.8 Å². The SMILES string of the molecule is [C-]#[N+]c1cc(C(C)C)sc1-n1c(C)cc(OC)c1C. The van der Waals surface area contributed by atoms with Gasteiger partial charge in [0.2, 0.25) is 5.69 Å². The molecular weight excluding hydrogens is 256 g/mol. The van der Waals surface area contributed by atoms with Crippen molar-refractivity contribution < 1.29 is 4.74 Å². The maximum Gasteiger partial charge on any atom is 0.221 e. The Hall–Kier alpha value is -1.73. The summed E-state index contributed by atoms with van der Waals surface area (Å²) in [4.78, 5) is 4.91. The summed E-state index contributed by atoms with van der Waals surface area (Å²) in [6.07, 6.45) is 0. The quantitative estimate of drug-likeness (QED) is 0.733. The van der Waals surface area contributed by atoms with Gasteiger partial charge in [0.05, 0.1) is 19.4 Å². The number of thiophene rings is 1. The second-order valence-electron chi connectivity index (χ2n) is 4.88. The fourth-order valence-electron chi connectivity index (χ4n) is 2.17. The molecule has 0 saturated carbocycles. The molecule has 2 aromatic heterocycles. The van der Waals surface area contributed by atoms with E-state index >= 15 is 0 Å². The van der Waals surface area contributed by atoms with E-state index in [-0.39, 0.29) is 0 Å². The topological polar surface area (TPSA) is 18.5 Å². The average molecular weight is 274 g/mol. The molecule has 0 aliphatic rings. The van der Waals surface area contributed by atoms with Crippen LogP contribution in [0.5, 0.6) is 5.75 Å². The summed E-state index contributed by atoms with van der Waals surface area (Å²) in [5.74, 6) is 1.31. The first-order valence-electron chi connectivity index (χ1n) is 6.24. The van der Waals surface area contributed by atoms with Crippen molar-refractivity contribution in [2.75, 3.05) is 7.11 Å². The van der Waals surface area contributed by atoms with Gasteiger partial charge in [-0.2, -0.15) is 0 Å². The van der Waals surface area contributed by atoms with Crippen molar-refractivity contribution in [1.82, 2.24) is 4.57 Å². The number of ether oxygens (including phenoxy) is 1. The number of aryl methyl sites for hydroxylation is 1. The van der Waals surface area contributed by atoms with Crippen molar-refractivity contribution in [2.24, 2.45) is 0 Å². The lowest BCUT2D eigenvalue weighted by Crippen LogP contribution is -1.96. The van der Waals surface area contributed by atoms with Crippen molar-refractivity contribution >= 4 is 17.0 Å². The highest BCUT2D eigenvalue weighted by Crippen LogP contribution is 2.40. The molecule has 3 nitrogen and oxygen atoms in total. The van der Waals surface area contributed by atoms with E-state index in [4.69, 9.17) is 11.3 Å². The van der Waals surface area contributed by atoms with Gasteiger partial charge in [-0.15, -0.1) is 11.3 Å². The van der Waals surface area contributed by atoms with Gasteiger partial charge in [0.25, 0.3) is 0 Å². The molecule has 0 N–H and O–H groups in total. The van der Waals surface area contributed by atoms with Crippen LogP contribution in [0.2, 0.25) is 0 Å². The smallest absolute Gasteiger partial charge is 0.221 e. The van der Waals surface area contributed by atoms with Crippen LogP contribution in [0.4, 0.5) is 5.69 Å². The standard InChI is InChI=1S/C15H18N2OS/c1-9(2)14-8-12(16-5)15(19-14)17-10(3)7-13(18-6)11(17)4/h7-9H,1-4,6H3. The highest BCUT2D eigenvalue weighted by molar-refractivity contribution is 7.15. The van der Waals surface area contributed by atoms with Gasteiger partial charge < -0.3 is 9.30 Å². The summed E-state index contributed by atoms with van der Waals surface area (Å²) in [6.45, 7) is 15.7. The number of hydrogen-bond donors (Lipinski definition) is 0. The molecule has 0 bridgehead atoms. The molecule has 0 amide bonds. The first kappa shape index (κ1) is 13.7. The minimum Gasteiger partial charge on any atom is -0.495 e. The van der Waals surface area contributed by atoms with Crippen LogP contribution in [0.25, 0.3) is 9.85 Å². The maximum absolute atomic E-state index is 7.37. The molecule has 2 rings (SSSR count). The molecule has 19 heavy (non-hydrogen) atoms. The highest BCUT2D eigenvalue weighted by atomic mass is 32.1. The molecule has 2 heterocycles. The Morgan fingerprint density at radius 1 is 1.32 bits per heavy atom. The van der Waals surface area contributed by atoms with Crippen LogP contribution >= 0.6 is 11.3 Å². The number of methoxy groups -OCH3 is 1. The Kier molecular flexibility index (Phi) is 3.68. The molecule has 0 aromatic carbocycles. The van der Waals surface area contributed by atoms with Gasteiger partial charge in [0, 0.05) is 11.8 Å². The number of nitrogens with zero attached hydrogens (tertiary/aromatic N) is 2. The molecule has 0 unspecified atom stereocenters. The van der Waals surface area contributed by atoms with Crippen LogP contribution in [0.3, 0.4) is 0 Å². The van der Waals surface area contributed by atoms with Crippen molar-refractivity contribution in [3.8, 4) is 10.8 Å². The zero-order valence-electron chi connectivity index (χ0n) is 11.9. The lowest BCUT2D eigenvalue weighted by Gasteiger charge is -2.08. The molecule has 100 valence electrons. The average Bonchev–Trinajstić information content (AvgIpc) is 2.90. The summed E-state index contributed by atoms with van der Waals surface area (Å²) in [6, 6.07) is 4.01. The number of aromatic nitrogens is 1. The van der Waals surface area contributed by atoms with Crippen LogP contribution < -0.4 is 4.74 Å². The predicted octanol–water partition coefficient (Wildman–Crippen LogP) is 4.84. The third-order valence-electron chi connectivity index (χ3n) is 3.21. The first-order valence-corrected chi connectivity index (χ1v) is 7.05. The van der Waals surface area contributed by atoms with Crippen molar-refractivity contribution in [1.29, 1.82) is 0 Å². The molecule has 0 aliphatic carbocycles. The maximum atomic E-state index is 7.37. The number of hydrogen-bond acceptors (Lipinski definition) is 2. The zero-order chi connectivity index (χ0) is 14.2. The van der Waals surface area contributed by atoms with Gasteiger partial charge in [-0.25, -0.2) is 4.85 Å². The van der Waals surface area contributed by atoms with E-state index in [1.54, 1.807) is 18.4 Å². The third kappa shape index (κ3) is 2.26. The van der Waals surface area contributed by atoms with Gasteiger partial charge in [0.1, 0.15) is 10.8 Å². The van der Waals surface area contributed by atoms with Crippen molar-refractivity contribution in [3.05, 3.63) is 39.8 Å². The number of rotatable bonds is 3. The molecule has 0 saturated heterocycles. The minimum absolute atomic E-state index is 0.442. The summed E-state index contributed by atoms with van der Waals surface area (Å²) >= 11 is 1.69. The highest BCUT2D eigenvalue weighted by Gasteiger charge is 2.18. The zero-order valence-corrected chi connectivity index (χ0v) is 12.8. The van der Waals surface area contributed by atoms with Crippen molar-refractivity contribution in [3.63, 3.8) is 0 Å². The largest absolute Gasteiger partial charge is 0.495 e. The monoisotopic (exact) mass is 274 g/mol. The Morgan fingerprint density at radius 3 is 2.47 bits per heavy atom. The van der Waals surface area contributed by atoms with E-state index in [9.17, 15) is 0 Å². The molecular formula is C15H18N2OS. The molecule has 0 atom stereocenters. The van der Waals surface area contributed by atoms with Gasteiger partial charge in [-0.05, 0) is 30.7 Å². The molecule has 0 fully saturated rings. The molecule has 4 heteroatoms. The lowest BCUT2D eigenvalue weighted by molar-refractivity contribution is 0.411. The normalized spacial score (nSPS) is 10.8. The van der Waals surface area contributed by atoms with Crippen LogP contribution in [-0.2, 0) is 0 Å². The van der Waals surface area contributed by atoms with Crippen LogP contribution in [0.15, 0.2) is 12.1 Å². The summed E-state index contributed by atoms with van der Waals surface area (Å²) < 4.78 is 7.48. The molecule has 0 aliphatic heterocycles. The summed E-state index contributed by atoms with van der Waals surface area (Å²) in [7, 11) is 1.68. The van der Waals surface area contributed by atoms with E-state index < -0.39 is 0 Å². The van der Waals surface area contributed by atoms with Gasteiger partial charge >= 0.3 is 0 Å². The second-order valence-corrected chi connectivity index (χ2v) is 5.94. The van der Waals surface area contributed by atoms with E-state index in [2.05, 4.69) is 23.3 Å². The first-order chi connectivity index (χ1) is 8.99. The van der Waals surface area contributed by atoms with E-state index in [0.717, 1.165) is 27.8 Å². The van der Waals surface area contributed by atoms with E-state index in [0.29, 0.717) is 5.92 Å². The fourth-order valence-corrected chi connectivity index (χ4v) is 3.38. The molecule has 2 aromatic rings. The lowest BCUT2D eigenvalue weighted by atomic mass is 10.2. The van der Waals surface area contributed by atoms with Crippen molar-refractivity contribution in [2.45, 2.75) is 33.6 Å². The minimum atomic E-state index is 0.442. The third-order valence-corrected chi connectivity index (χ3v) is 4.62. The van der Waals surface area contributed by atoms with Crippen LogP contribution in [0.1, 0.15) is 36.0 Å². The molecule has 0 radical (unpaired) electrons. The van der Waals surface area contributed by atoms with Crippen LogP contribution in [-0.4, -0.2) is 11.7 Å². The van der Waals surface area contributed by atoms with E-state index in [1.165, 1.54) is 4.88 Å². The Morgan fingerprint density at radius 2 is 2.00 bits per heavy atom. The van der Waals surface area contributed by atoms with Gasteiger partial charge in [0.15, 0.2) is 0 Å². The van der Waals surface area contributed by atoms with E-state index in [1.807, 2.05) is 26.0 Å². The van der Waals surface area contributed by atoms with Gasteiger partial charge in [-0.3, -0.25) is 0 Å². The Labute approximate surface area is 118 Å².